The summed E-state index contributed by atoms with van der Waals surface area (Å²) in [5.74, 6) is 1.11. The van der Waals surface area contributed by atoms with E-state index in [0.717, 1.165) is 66.6 Å². The maximum atomic E-state index is 4.83. The second-order valence-corrected chi connectivity index (χ2v) is 8.37. The molecule has 31 heavy (non-hydrogen) atoms. The van der Waals surface area contributed by atoms with Crippen molar-refractivity contribution in [3.63, 3.8) is 0 Å². The molecule has 1 saturated heterocycles. The molecule has 0 spiro atoms. The monoisotopic (exact) mass is 412 g/mol. The molecule has 6 nitrogen and oxygen atoms in total. The van der Waals surface area contributed by atoms with E-state index in [4.69, 9.17) is 10.1 Å². The van der Waals surface area contributed by atoms with Crippen molar-refractivity contribution in [1.82, 2.24) is 24.5 Å². The highest BCUT2D eigenvalue weighted by Crippen LogP contribution is 2.26. The standard InChI is InChI=1S/C25H28N6/c1-18-16-19(2)26-24-23(18)25-27-20(3)17-22(31(25)28-24)30-14-12-29(13-15-30)11-7-10-21-8-5-4-6-9-21/h4-10,16-17H,11-15H2,1-3H3/b10-7+. The van der Waals surface area contributed by atoms with Crippen LogP contribution in [0.1, 0.15) is 22.5 Å². The average molecular weight is 413 g/mol. The van der Waals surface area contributed by atoms with Crippen LogP contribution in [0.25, 0.3) is 22.8 Å². The first kappa shape index (κ1) is 19.7. The molecule has 0 amide bonds. The molecule has 0 bridgehead atoms. The van der Waals surface area contributed by atoms with E-state index >= 15 is 0 Å². The molecule has 158 valence electrons. The van der Waals surface area contributed by atoms with E-state index in [1.165, 1.54) is 11.1 Å². The number of rotatable bonds is 4. The van der Waals surface area contributed by atoms with Crippen molar-refractivity contribution in [3.8, 4) is 0 Å². The molecular formula is C25H28N6. The van der Waals surface area contributed by atoms with Crippen LogP contribution < -0.4 is 4.90 Å². The molecule has 0 N–H and O–H groups in total. The largest absolute Gasteiger partial charge is 0.354 e. The maximum Gasteiger partial charge on any atom is 0.184 e. The van der Waals surface area contributed by atoms with E-state index in [1.807, 2.05) is 11.4 Å². The molecule has 4 heterocycles. The molecule has 0 radical (unpaired) electrons. The summed E-state index contributed by atoms with van der Waals surface area (Å²) in [6, 6.07) is 14.7. The van der Waals surface area contributed by atoms with Crippen molar-refractivity contribution < 1.29 is 0 Å². The van der Waals surface area contributed by atoms with Crippen molar-refractivity contribution in [2.24, 2.45) is 0 Å². The summed E-state index contributed by atoms with van der Waals surface area (Å²) in [6.45, 7) is 11.2. The summed E-state index contributed by atoms with van der Waals surface area (Å²) < 4.78 is 1.99. The Morgan fingerprint density at radius 2 is 1.65 bits per heavy atom. The predicted octanol–water partition coefficient (Wildman–Crippen LogP) is 4.04. The molecule has 1 aromatic carbocycles. The molecule has 0 saturated carbocycles. The number of nitrogens with zero attached hydrogens (tertiary/aromatic N) is 6. The number of piperazine rings is 1. The lowest BCUT2D eigenvalue weighted by Crippen LogP contribution is -2.47. The second-order valence-electron chi connectivity index (χ2n) is 8.37. The molecule has 3 aromatic heterocycles. The van der Waals surface area contributed by atoms with E-state index in [0.29, 0.717) is 0 Å². The van der Waals surface area contributed by atoms with E-state index in [-0.39, 0.29) is 0 Å². The van der Waals surface area contributed by atoms with Crippen LogP contribution in [0, 0.1) is 20.8 Å². The summed E-state index contributed by atoms with van der Waals surface area (Å²) in [5, 5.41) is 5.89. The third kappa shape index (κ3) is 3.91. The Hall–Kier alpha value is -3.25. The number of hydrogen-bond acceptors (Lipinski definition) is 5. The Morgan fingerprint density at radius 1 is 0.903 bits per heavy atom. The molecule has 6 heteroatoms. The lowest BCUT2D eigenvalue weighted by atomic mass is 10.2. The van der Waals surface area contributed by atoms with Crippen LogP contribution in [0.4, 0.5) is 5.82 Å². The number of benzene rings is 1. The second kappa shape index (κ2) is 8.12. The van der Waals surface area contributed by atoms with Crippen LogP contribution in [-0.4, -0.2) is 57.2 Å². The Morgan fingerprint density at radius 3 is 2.42 bits per heavy atom. The van der Waals surface area contributed by atoms with Gasteiger partial charge in [0.1, 0.15) is 5.82 Å². The Balaban J connectivity index is 1.36. The first-order valence-corrected chi connectivity index (χ1v) is 10.9. The molecule has 0 unspecified atom stereocenters. The Bertz CT molecular complexity index is 1250. The number of fused-ring (bicyclic) bond motifs is 3. The van der Waals surface area contributed by atoms with Crippen LogP contribution in [0.3, 0.4) is 0 Å². The smallest absolute Gasteiger partial charge is 0.184 e. The summed E-state index contributed by atoms with van der Waals surface area (Å²) >= 11 is 0. The van der Waals surface area contributed by atoms with Gasteiger partial charge in [-0.15, -0.1) is 5.10 Å². The van der Waals surface area contributed by atoms with Crippen molar-refractivity contribution in [2.45, 2.75) is 20.8 Å². The van der Waals surface area contributed by atoms with Gasteiger partial charge in [-0.3, -0.25) is 4.90 Å². The van der Waals surface area contributed by atoms with Crippen LogP contribution in [0.2, 0.25) is 0 Å². The lowest BCUT2D eigenvalue weighted by molar-refractivity contribution is 0.283. The first-order chi connectivity index (χ1) is 15.1. The highest BCUT2D eigenvalue weighted by Gasteiger charge is 2.21. The SMILES string of the molecule is Cc1cc(C)c2c(n1)nn1c(N3CCN(C/C=C/c4ccccc4)CC3)cc(C)nc21. The van der Waals surface area contributed by atoms with E-state index in [2.05, 4.69) is 83.2 Å². The van der Waals surface area contributed by atoms with Gasteiger partial charge < -0.3 is 4.90 Å². The normalized spacial score (nSPS) is 15.5. The number of anilines is 1. The molecule has 0 atom stereocenters. The van der Waals surface area contributed by atoms with Gasteiger partial charge in [0.25, 0.3) is 0 Å². The van der Waals surface area contributed by atoms with Gasteiger partial charge in [-0.2, -0.15) is 4.52 Å². The summed E-state index contributed by atoms with van der Waals surface area (Å²) in [7, 11) is 0. The van der Waals surface area contributed by atoms with Gasteiger partial charge in [0.15, 0.2) is 11.3 Å². The number of hydrogen-bond donors (Lipinski definition) is 0. The van der Waals surface area contributed by atoms with E-state index < -0.39 is 0 Å². The average Bonchev–Trinajstić information content (AvgIpc) is 3.12. The third-order valence-corrected chi connectivity index (χ3v) is 5.95. The summed E-state index contributed by atoms with van der Waals surface area (Å²) in [5.41, 5.74) is 6.11. The van der Waals surface area contributed by atoms with Crippen LogP contribution in [-0.2, 0) is 0 Å². The zero-order valence-corrected chi connectivity index (χ0v) is 18.4. The maximum absolute atomic E-state index is 4.83. The van der Waals surface area contributed by atoms with Gasteiger partial charge in [0, 0.05) is 50.2 Å². The number of pyridine rings is 1. The fourth-order valence-electron chi connectivity index (χ4n) is 4.41. The Kier molecular flexibility index (Phi) is 5.16. The topological polar surface area (TPSA) is 49.6 Å². The zero-order valence-electron chi connectivity index (χ0n) is 18.4. The first-order valence-electron chi connectivity index (χ1n) is 10.9. The minimum atomic E-state index is 0.779. The molecular weight excluding hydrogens is 384 g/mol. The van der Waals surface area contributed by atoms with Gasteiger partial charge in [-0.25, -0.2) is 9.97 Å². The zero-order chi connectivity index (χ0) is 21.4. The molecule has 0 aliphatic carbocycles. The summed E-state index contributed by atoms with van der Waals surface area (Å²) in [6.07, 6.45) is 4.46. The van der Waals surface area contributed by atoms with E-state index in [1.54, 1.807) is 0 Å². The number of aromatic nitrogens is 4. The van der Waals surface area contributed by atoms with Gasteiger partial charge in [0.2, 0.25) is 0 Å². The highest BCUT2D eigenvalue weighted by molar-refractivity contribution is 5.93. The fraction of sp³-hybridized carbons (Fsp3) is 0.320. The van der Waals surface area contributed by atoms with Crippen LogP contribution in [0.5, 0.6) is 0 Å². The molecule has 1 fully saturated rings. The van der Waals surface area contributed by atoms with E-state index in [9.17, 15) is 0 Å². The van der Waals surface area contributed by atoms with Gasteiger partial charge in [-0.05, 0) is 38.0 Å². The van der Waals surface area contributed by atoms with Crippen molar-refractivity contribution >= 4 is 28.6 Å². The minimum absolute atomic E-state index is 0.779. The van der Waals surface area contributed by atoms with Gasteiger partial charge in [0.05, 0.1) is 5.39 Å². The summed E-state index contributed by atoms with van der Waals surface area (Å²) in [4.78, 5) is 14.4. The van der Waals surface area contributed by atoms with Gasteiger partial charge >= 0.3 is 0 Å². The molecule has 5 rings (SSSR count). The van der Waals surface area contributed by atoms with Crippen molar-refractivity contribution in [2.75, 3.05) is 37.6 Å². The molecule has 1 aliphatic heterocycles. The highest BCUT2D eigenvalue weighted by atomic mass is 15.4. The van der Waals surface area contributed by atoms with Gasteiger partial charge in [-0.1, -0.05) is 42.5 Å². The minimum Gasteiger partial charge on any atom is -0.354 e. The van der Waals surface area contributed by atoms with Crippen LogP contribution >= 0.6 is 0 Å². The quantitative estimate of drug-likeness (QED) is 0.506. The third-order valence-electron chi connectivity index (χ3n) is 5.95. The molecule has 4 aromatic rings. The van der Waals surface area contributed by atoms with Crippen molar-refractivity contribution in [3.05, 3.63) is 71.1 Å². The lowest BCUT2D eigenvalue weighted by Gasteiger charge is -2.35. The number of aryl methyl sites for hydroxylation is 3. The van der Waals surface area contributed by atoms with Crippen LogP contribution in [0.15, 0.2) is 48.5 Å². The predicted molar refractivity (Wildman–Crippen MR) is 127 cm³/mol. The molecule has 1 aliphatic rings. The Labute approximate surface area is 182 Å². The fourth-order valence-corrected chi connectivity index (χ4v) is 4.41. The van der Waals surface area contributed by atoms with Crippen molar-refractivity contribution in [1.29, 1.82) is 0 Å².